The monoisotopic (exact) mass is 397 g/mol. The van der Waals surface area contributed by atoms with E-state index in [0.29, 0.717) is 5.88 Å². The van der Waals surface area contributed by atoms with E-state index in [4.69, 9.17) is 11.6 Å². The van der Waals surface area contributed by atoms with Crippen LogP contribution >= 0.6 is 34.2 Å². The molecule has 0 fully saturated rings. The molecule has 0 aliphatic carbocycles. The Balaban J connectivity index is 2.19. The van der Waals surface area contributed by atoms with Gasteiger partial charge in [0.2, 0.25) is 0 Å². The summed E-state index contributed by atoms with van der Waals surface area (Å²) in [5.41, 5.74) is 3.31. The van der Waals surface area contributed by atoms with Crippen LogP contribution < -0.4 is 0 Å². The van der Waals surface area contributed by atoms with E-state index >= 15 is 0 Å². The van der Waals surface area contributed by atoms with Crippen molar-refractivity contribution < 1.29 is 0 Å². The third kappa shape index (κ3) is 2.42. The van der Waals surface area contributed by atoms with E-state index in [-0.39, 0.29) is 6.04 Å². The lowest BCUT2D eigenvalue weighted by Gasteiger charge is -2.17. The Morgan fingerprint density at radius 2 is 2.00 bits per heavy atom. The third-order valence-electron chi connectivity index (χ3n) is 3.42. The second-order valence-electron chi connectivity index (χ2n) is 4.62. The average Bonchev–Trinajstić information content (AvgIpc) is 2.84. The summed E-state index contributed by atoms with van der Waals surface area (Å²) in [6, 6.07) is 10.5. The Morgan fingerprint density at radius 3 is 2.70 bits per heavy atom. The number of nitrogens with zero attached hydrogens (tertiary/aromatic N) is 3. The summed E-state index contributed by atoms with van der Waals surface area (Å²) in [5.74, 6) is 1.30. The molecule has 102 valence electrons. The first-order valence-electron chi connectivity index (χ1n) is 6.33. The zero-order chi connectivity index (χ0) is 14.1. The minimum absolute atomic E-state index is 0.178. The highest BCUT2D eigenvalue weighted by molar-refractivity contribution is 14.1. The molecular weight excluding hydrogens is 385 g/mol. The standard InChI is InChI=1S/C15H13ClIN3/c1-10(11-4-6-18-7-5-11)20-14-3-2-12(17)8-13(14)19-15(20)9-16/h2-8,10H,9H2,1H3. The molecule has 0 radical (unpaired) electrons. The van der Waals surface area contributed by atoms with Crippen molar-refractivity contribution in [2.45, 2.75) is 18.8 Å². The van der Waals surface area contributed by atoms with Crippen LogP contribution in [-0.4, -0.2) is 14.5 Å². The van der Waals surface area contributed by atoms with E-state index in [1.807, 2.05) is 24.5 Å². The lowest BCUT2D eigenvalue weighted by molar-refractivity contribution is 0.633. The molecule has 0 aliphatic rings. The van der Waals surface area contributed by atoms with Gasteiger partial charge in [-0.05, 0) is 65.4 Å². The summed E-state index contributed by atoms with van der Waals surface area (Å²) >= 11 is 8.38. The molecular formula is C15H13ClIN3. The van der Waals surface area contributed by atoms with Gasteiger partial charge in [0.1, 0.15) is 5.82 Å². The van der Waals surface area contributed by atoms with Crippen molar-refractivity contribution in [2.24, 2.45) is 0 Å². The Hall–Kier alpha value is -1.14. The van der Waals surface area contributed by atoms with E-state index in [2.05, 4.69) is 62.2 Å². The fraction of sp³-hybridized carbons (Fsp3) is 0.200. The van der Waals surface area contributed by atoms with Crippen molar-refractivity contribution in [3.63, 3.8) is 0 Å². The van der Waals surface area contributed by atoms with Gasteiger partial charge in [-0.2, -0.15) is 0 Å². The van der Waals surface area contributed by atoms with Gasteiger partial charge in [-0.3, -0.25) is 4.98 Å². The van der Waals surface area contributed by atoms with Gasteiger partial charge < -0.3 is 4.57 Å². The second-order valence-corrected chi connectivity index (χ2v) is 6.13. The molecule has 20 heavy (non-hydrogen) atoms. The van der Waals surface area contributed by atoms with E-state index < -0.39 is 0 Å². The molecule has 0 saturated heterocycles. The molecule has 3 nitrogen and oxygen atoms in total. The van der Waals surface area contributed by atoms with Crippen molar-refractivity contribution in [3.05, 3.63) is 57.7 Å². The lowest BCUT2D eigenvalue weighted by atomic mass is 10.1. The molecule has 3 aromatic rings. The molecule has 1 unspecified atom stereocenters. The smallest absolute Gasteiger partial charge is 0.125 e. The highest BCUT2D eigenvalue weighted by atomic mass is 127. The van der Waals surface area contributed by atoms with Crippen molar-refractivity contribution in [2.75, 3.05) is 0 Å². The highest BCUT2D eigenvalue weighted by Gasteiger charge is 2.16. The van der Waals surface area contributed by atoms with Crippen molar-refractivity contribution in [1.82, 2.24) is 14.5 Å². The van der Waals surface area contributed by atoms with Crippen LogP contribution in [0.4, 0.5) is 0 Å². The number of hydrogen-bond acceptors (Lipinski definition) is 2. The maximum atomic E-state index is 6.08. The zero-order valence-corrected chi connectivity index (χ0v) is 13.8. The summed E-state index contributed by atoms with van der Waals surface area (Å²) in [5, 5.41) is 0. The van der Waals surface area contributed by atoms with Crippen LogP contribution in [0.3, 0.4) is 0 Å². The molecule has 0 bridgehead atoms. The summed E-state index contributed by atoms with van der Waals surface area (Å²) in [6.45, 7) is 2.16. The quantitative estimate of drug-likeness (QED) is 0.485. The minimum atomic E-state index is 0.178. The minimum Gasteiger partial charge on any atom is -0.320 e. The molecule has 2 aromatic heterocycles. The van der Waals surface area contributed by atoms with Crippen molar-refractivity contribution in [3.8, 4) is 0 Å². The number of alkyl halides is 1. The number of rotatable bonds is 3. The van der Waals surface area contributed by atoms with Crippen molar-refractivity contribution in [1.29, 1.82) is 0 Å². The molecule has 5 heteroatoms. The predicted octanol–water partition coefficient (Wildman–Crippen LogP) is 4.38. The van der Waals surface area contributed by atoms with Gasteiger partial charge in [0.25, 0.3) is 0 Å². The molecule has 3 rings (SSSR count). The fourth-order valence-corrected chi connectivity index (χ4v) is 3.10. The Bertz CT molecular complexity index is 739. The summed E-state index contributed by atoms with van der Waals surface area (Å²) < 4.78 is 3.38. The maximum Gasteiger partial charge on any atom is 0.125 e. The number of halogens is 2. The van der Waals surface area contributed by atoms with Crippen LogP contribution in [0, 0.1) is 3.57 Å². The van der Waals surface area contributed by atoms with Crippen molar-refractivity contribution >= 4 is 45.2 Å². The lowest BCUT2D eigenvalue weighted by Crippen LogP contribution is -2.09. The summed E-state index contributed by atoms with van der Waals surface area (Å²) in [4.78, 5) is 8.72. The van der Waals surface area contributed by atoms with E-state index in [1.165, 1.54) is 9.13 Å². The SMILES string of the molecule is CC(c1ccncc1)n1c(CCl)nc2cc(I)ccc21. The first kappa shape index (κ1) is 13.8. The van der Waals surface area contributed by atoms with E-state index in [9.17, 15) is 0 Å². The highest BCUT2D eigenvalue weighted by Crippen LogP contribution is 2.27. The predicted molar refractivity (Wildman–Crippen MR) is 90.1 cm³/mol. The molecule has 0 amide bonds. The topological polar surface area (TPSA) is 30.7 Å². The van der Waals surface area contributed by atoms with Crippen LogP contribution in [0.5, 0.6) is 0 Å². The average molecular weight is 398 g/mol. The van der Waals surface area contributed by atoms with Gasteiger partial charge in [-0.25, -0.2) is 4.98 Å². The van der Waals surface area contributed by atoms with E-state index in [1.54, 1.807) is 0 Å². The molecule has 2 heterocycles. The molecule has 0 N–H and O–H groups in total. The van der Waals surface area contributed by atoms with Crippen LogP contribution in [0.25, 0.3) is 11.0 Å². The maximum absolute atomic E-state index is 6.08. The van der Waals surface area contributed by atoms with Crippen LogP contribution in [0.1, 0.15) is 24.4 Å². The molecule has 1 aromatic carbocycles. The van der Waals surface area contributed by atoms with Crippen LogP contribution in [0.2, 0.25) is 0 Å². The van der Waals surface area contributed by atoms with Gasteiger partial charge >= 0.3 is 0 Å². The first-order valence-corrected chi connectivity index (χ1v) is 7.94. The third-order valence-corrected chi connectivity index (χ3v) is 4.33. The number of benzene rings is 1. The number of fused-ring (bicyclic) bond motifs is 1. The van der Waals surface area contributed by atoms with Crippen LogP contribution in [-0.2, 0) is 5.88 Å². The fourth-order valence-electron chi connectivity index (χ4n) is 2.44. The molecule has 0 spiro atoms. The summed E-state index contributed by atoms with van der Waals surface area (Å²) in [6.07, 6.45) is 3.63. The number of imidazole rings is 1. The molecule has 0 aliphatic heterocycles. The van der Waals surface area contributed by atoms with Gasteiger partial charge in [0.15, 0.2) is 0 Å². The number of hydrogen-bond donors (Lipinski definition) is 0. The normalized spacial score (nSPS) is 12.8. The Morgan fingerprint density at radius 1 is 1.25 bits per heavy atom. The number of aromatic nitrogens is 3. The summed E-state index contributed by atoms with van der Waals surface area (Å²) in [7, 11) is 0. The van der Waals surface area contributed by atoms with Crippen LogP contribution in [0.15, 0.2) is 42.7 Å². The molecule has 0 saturated carbocycles. The number of pyridine rings is 1. The van der Waals surface area contributed by atoms with E-state index in [0.717, 1.165) is 16.9 Å². The zero-order valence-electron chi connectivity index (χ0n) is 10.9. The van der Waals surface area contributed by atoms with Gasteiger partial charge in [0, 0.05) is 16.0 Å². The molecule has 1 atom stereocenters. The first-order chi connectivity index (χ1) is 9.70. The largest absolute Gasteiger partial charge is 0.320 e. The Labute approximate surface area is 136 Å². The van der Waals surface area contributed by atoms with Gasteiger partial charge in [-0.1, -0.05) is 0 Å². The second kappa shape index (κ2) is 5.69. The Kier molecular flexibility index (Phi) is 3.94. The van der Waals surface area contributed by atoms with Gasteiger partial charge in [-0.15, -0.1) is 11.6 Å². The van der Waals surface area contributed by atoms with Gasteiger partial charge in [0.05, 0.1) is 23.0 Å².